The summed E-state index contributed by atoms with van der Waals surface area (Å²) in [7, 11) is 0. The van der Waals surface area contributed by atoms with Crippen LogP contribution in [0.25, 0.3) is 0 Å². The maximum absolute atomic E-state index is 11.4. The number of aryl methyl sites for hydroxylation is 1. The first kappa shape index (κ1) is 12.2. The molecule has 2 amide bonds. The highest BCUT2D eigenvalue weighted by molar-refractivity contribution is 5.94. The summed E-state index contributed by atoms with van der Waals surface area (Å²) in [5, 5.41) is 11.5. The number of nitrogens with zero attached hydrogens (tertiary/aromatic N) is 1. The number of nitrogens with one attached hydrogen (secondary N) is 3. The monoisotopic (exact) mass is 225 g/mol. The second-order valence-corrected chi connectivity index (χ2v) is 3.15. The largest absolute Gasteiger partial charge is 0.346 e. The first-order chi connectivity index (χ1) is 7.67. The van der Waals surface area contributed by atoms with Gasteiger partial charge in [0.25, 0.3) is 0 Å². The summed E-state index contributed by atoms with van der Waals surface area (Å²) < 4.78 is 0. The molecule has 0 unspecified atom stereocenters. The third-order valence-corrected chi connectivity index (χ3v) is 1.99. The average Bonchev–Trinajstić information content (AvgIpc) is 2.73. The van der Waals surface area contributed by atoms with Gasteiger partial charge in [-0.05, 0) is 6.42 Å². The lowest BCUT2D eigenvalue weighted by atomic mass is 10.2. The Balaban J connectivity index is 2.42. The Labute approximate surface area is 92.8 Å². The van der Waals surface area contributed by atoms with Crippen LogP contribution in [0.3, 0.4) is 0 Å². The van der Waals surface area contributed by atoms with Crippen LogP contribution >= 0.6 is 0 Å². The summed E-state index contributed by atoms with van der Waals surface area (Å²) in [6, 6.07) is 0. The van der Waals surface area contributed by atoms with Gasteiger partial charge in [0.1, 0.15) is 5.82 Å². The highest BCUT2D eigenvalue weighted by Gasteiger charge is 2.08. The normalized spacial score (nSPS) is 9.88. The zero-order chi connectivity index (χ0) is 12.0. The lowest BCUT2D eigenvalue weighted by Gasteiger charge is -2.05. The van der Waals surface area contributed by atoms with Gasteiger partial charge in [0.05, 0.1) is 19.3 Å². The van der Waals surface area contributed by atoms with Crippen molar-refractivity contribution in [3.8, 4) is 0 Å². The molecule has 0 saturated heterocycles. The molecule has 0 radical (unpaired) electrons. The number of rotatable bonds is 5. The zero-order valence-corrected chi connectivity index (χ0v) is 9.04. The van der Waals surface area contributed by atoms with Crippen molar-refractivity contribution in [3.63, 3.8) is 0 Å². The molecule has 7 nitrogen and oxygen atoms in total. The molecule has 1 rings (SSSR count). The minimum atomic E-state index is -0.365. The molecule has 1 aromatic rings. The van der Waals surface area contributed by atoms with Crippen molar-refractivity contribution in [1.29, 1.82) is 0 Å². The van der Waals surface area contributed by atoms with E-state index in [1.165, 1.54) is 0 Å². The van der Waals surface area contributed by atoms with Crippen LogP contribution in [0.2, 0.25) is 0 Å². The van der Waals surface area contributed by atoms with E-state index >= 15 is 0 Å². The lowest BCUT2D eigenvalue weighted by molar-refractivity contribution is -0.123. The number of aromatic amines is 1. The van der Waals surface area contributed by atoms with Crippen LogP contribution in [-0.2, 0) is 16.0 Å². The molecule has 0 atom stereocenters. The van der Waals surface area contributed by atoms with Gasteiger partial charge >= 0.3 is 0 Å². The number of H-pyrrole nitrogens is 1. The number of hydrogen-bond donors (Lipinski definition) is 4. The maximum Gasteiger partial charge on any atom is 0.244 e. The predicted octanol–water partition coefficient (Wildman–Crippen LogP) is -1.01. The van der Waals surface area contributed by atoms with E-state index in [4.69, 9.17) is 5.73 Å². The minimum Gasteiger partial charge on any atom is -0.346 e. The number of amides is 2. The Bertz CT molecular complexity index is 374. The Hall–Kier alpha value is -1.89. The standard InChI is InChI=1S/C9H15N5O2/c1-2-6-4-12-14-9(6)13-8(16)5-11-7(15)3-10/h4H,2-3,5,10H2,1H3,(H,11,15)(H2,12,13,14,16). The van der Waals surface area contributed by atoms with Crippen LogP contribution in [-0.4, -0.2) is 35.1 Å². The minimum absolute atomic E-state index is 0.0990. The summed E-state index contributed by atoms with van der Waals surface area (Å²) in [5.41, 5.74) is 6.00. The summed E-state index contributed by atoms with van der Waals surface area (Å²) in [4.78, 5) is 22.2. The summed E-state index contributed by atoms with van der Waals surface area (Å²) >= 11 is 0. The summed E-state index contributed by atoms with van der Waals surface area (Å²) in [6.45, 7) is 1.73. The van der Waals surface area contributed by atoms with Gasteiger partial charge in [0, 0.05) is 5.56 Å². The topological polar surface area (TPSA) is 113 Å². The van der Waals surface area contributed by atoms with E-state index in [0.29, 0.717) is 5.82 Å². The van der Waals surface area contributed by atoms with E-state index < -0.39 is 0 Å². The molecule has 88 valence electrons. The van der Waals surface area contributed by atoms with Crippen molar-refractivity contribution in [3.05, 3.63) is 11.8 Å². The molecule has 0 aromatic carbocycles. The van der Waals surface area contributed by atoms with Gasteiger partial charge in [-0.15, -0.1) is 0 Å². The van der Waals surface area contributed by atoms with Crippen LogP contribution < -0.4 is 16.4 Å². The second kappa shape index (κ2) is 5.86. The summed E-state index contributed by atoms with van der Waals surface area (Å²) in [5.74, 6) is -0.120. The first-order valence-electron chi connectivity index (χ1n) is 4.96. The van der Waals surface area contributed by atoms with Crippen molar-refractivity contribution in [2.24, 2.45) is 5.73 Å². The van der Waals surface area contributed by atoms with E-state index in [1.54, 1.807) is 6.20 Å². The number of hydrogen-bond acceptors (Lipinski definition) is 4. The molecule has 0 aliphatic rings. The molecule has 1 aromatic heterocycles. The van der Waals surface area contributed by atoms with Gasteiger partial charge in [-0.2, -0.15) is 5.10 Å². The molecule has 0 saturated carbocycles. The van der Waals surface area contributed by atoms with Gasteiger partial charge in [0.2, 0.25) is 11.8 Å². The molecule has 0 aliphatic heterocycles. The van der Waals surface area contributed by atoms with Crippen molar-refractivity contribution in [2.45, 2.75) is 13.3 Å². The number of carbonyl (C=O) groups excluding carboxylic acids is 2. The van der Waals surface area contributed by atoms with Crippen molar-refractivity contribution >= 4 is 17.6 Å². The highest BCUT2D eigenvalue weighted by atomic mass is 16.2. The third-order valence-electron chi connectivity index (χ3n) is 1.99. The fourth-order valence-corrected chi connectivity index (χ4v) is 1.12. The van der Waals surface area contributed by atoms with Crippen LogP contribution in [0.5, 0.6) is 0 Å². The number of anilines is 1. The first-order valence-corrected chi connectivity index (χ1v) is 4.96. The fraction of sp³-hybridized carbons (Fsp3) is 0.444. The van der Waals surface area contributed by atoms with E-state index in [-0.39, 0.29) is 24.9 Å². The third kappa shape index (κ3) is 3.35. The van der Waals surface area contributed by atoms with Gasteiger partial charge in [-0.25, -0.2) is 0 Å². The van der Waals surface area contributed by atoms with Gasteiger partial charge in [-0.3, -0.25) is 14.7 Å². The molecular formula is C9H15N5O2. The van der Waals surface area contributed by atoms with Crippen LogP contribution in [0.1, 0.15) is 12.5 Å². The number of nitrogens with two attached hydrogens (primary N) is 1. The van der Waals surface area contributed by atoms with Crippen molar-refractivity contribution in [2.75, 3.05) is 18.4 Å². The van der Waals surface area contributed by atoms with E-state index in [0.717, 1.165) is 12.0 Å². The zero-order valence-electron chi connectivity index (χ0n) is 9.04. The predicted molar refractivity (Wildman–Crippen MR) is 58.7 cm³/mol. The lowest BCUT2D eigenvalue weighted by Crippen LogP contribution is -2.36. The Kier molecular flexibility index (Phi) is 4.46. The van der Waals surface area contributed by atoms with Crippen LogP contribution in [0.4, 0.5) is 5.82 Å². The molecule has 1 heterocycles. The number of carbonyl (C=O) groups is 2. The molecule has 7 heteroatoms. The van der Waals surface area contributed by atoms with Gasteiger partial charge in [-0.1, -0.05) is 6.92 Å². The smallest absolute Gasteiger partial charge is 0.244 e. The van der Waals surface area contributed by atoms with Gasteiger partial charge in [0.15, 0.2) is 0 Å². The highest BCUT2D eigenvalue weighted by Crippen LogP contribution is 2.10. The molecule has 0 bridgehead atoms. The SMILES string of the molecule is CCc1cn[nH]c1NC(=O)CNC(=O)CN. The quantitative estimate of drug-likeness (QED) is 0.514. The molecule has 5 N–H and O–H groups in total. The molecule has 0 aliphatic carbocycles. The second-order valence-electron chi connectivity index (χ2n) is 3.15. The van der Waals surface area contributed by atoms with Crippen LogP contribution in [0, 0.1) is 0 Å². The Morgan fingerprint density at radius 1 is 1.50 bits per heavy atom. The fourth-order valence-electron chi connectivity index (χ4n) is 1.12. The molecule has 0 spiro atoms. The Morgan fingerprint density at radius 2 is 2.25 bits per heavy atom. The average molecular weight is 225 g/mol. The van der Waals surface area contributed by atoms with Crippen molar-refractivity contribution in [1.82, 2.24) is 15.5 Å². The van der Waals surface area contributed by atoms with Gasteiger partial charge < -0.3 is 16.4 Å². The molecular weight excluding hydrogens is 210 g/mol. The van der Waals surface area contributed by atoms with E-state index in [1.807, 2.05) is 6.92 Å². The molecule has 0 fully saturated rings. The van der Waals surface area contributed by atoms with Crippen LogP contribution in [0.15, 0.2) is 6.20 Å². The maximum atomic E-state index is 11.4. The number of aromatic nitrogens is 2. The van der Waals surface area contributed by atoms with E-state index in [9.17, 15) is 9.59 Å². The summed E-state index contributed by atoms with van der Waals surface area (Å²) in [6.07, 6.45) is 2.41. The Morgan fingerprint density at radius 3 is 2.88 bits per heavy atom. The van der Waals surface area contributed by atoms with Crippen molar-refractivity contribution < 1.29 is 9.59 Å². The van der Waals surface area contributed by atoms with E-state index in [2.05, 4.69) is 20.8 Å². The molecule has 16 heavy (non-hydrogen) atoms.